The van der Waals surface area contributed by atoms with Crippen molar-refractivity contribution in [2.45, 2.75) is 0 Å². The Kier molecular flexibility index (Phi) is 4.99. The number of ketones is 1. The van der Waals surface area contributed by atoms with Crippen LogP contribution < -0.4 is 4.74 Å². The molecule has 0 amide bonds. The van der Waals surface area contributed by atoms with Gasteiger partial charge in [0.1, 0.15) is 11.5 Å². The number of allylic oxidation sites excluding steroid dienone is 1. The third-order valence-corrected chi connectivity index (χ3v) is 3.81. The molecule has 0 atom stereocenters. The van der Waals surface area contributed by atoms with Gasteiger partial charge in [-0.1, -0.05) is 42.5 Å². The molecule has 0 saturated carbocycles. The average molecular weight is 348 g/mol. The zero-order valence-corrected chi connectivity index (χ0v) is 14.0. The Bertz CT molecular complexity index is 947. The highest BCUT2D eigenvalue weighted by molar-refractivity contribution is 6.07. The average Bonchev–Trinajstić information content (AvgIpc) is 3.17. The van der Waals surface area contributed by atoms with Crippen LogP contribution in [0.1, 0.15) is 26.5 Å². The summed E-state index contributed by atoms with van der Waals surface area (Å²) in [5.74, 6) is -0.171. The monoisotopic (exact) mass is 348 g/mol. The van der Waals surface area contributed by atoms with Gasteiger partial charge in [-0.2, -0.15) is 0 Å². The number of methoxy groups -OCH3 is 1. The molecule has 1 heterocycles. The number of ether oxygens (including phenoxy) is 1. The van der Waals surface area contributed by atoms with Gasteiger partial charge in [-0.3, -0.25) is 4.79 Å². The second-order valence-corrected chi connectivity index (χ2v) is 5.52. The van der Waals surface area contributed by atoms with Crippen LogP contribution in [0.25, 0.3) is 17.4 Å². The number of carbonyl (C=O) groups excluding carboxylic acids is 1. The first-order valence-corrected chi connectivity index (χ1v) is 7.87. The van der Waals surface area contributed by atoms with Crippen LogP contribution in [-0.4, -0.2) is 24.0 Å². The molecule has 5 heteroatoms. The van der Waals surface area contributed by atoms with Crippen molar-refractivity contribution in [3.05, 3.63) is 83.6 Å². The predicted octanol–water partition coefficient (Wildman–Crippen LogP) is 4.55. The number of rotatable bonds is 6. The van der Waals surface area contributed by atoms with Crippen molar-refractivity contribution < 1.29 is 23.8 Å². The minimum atomic E-state index is -1.12. The van der Waals surface area contributed by atoms with E-state index in [1.54, 1.807) is 43.5 Å². The van der Waals surface area contributed by atoms with Crippen molar-refractivity contribution >= 4 is 17.8 Å². The van der Waals surface area contributed by atoms with Crippen LogP contribution in [0.5, 0.6) is 5.75 Å². The highest BCUT2D eigenvalue weighted by Gasteiger charge is 2.11. The number of aromatic carboxylic acids is 1. The van der Waals surface area contributed by atoms with Crippen LogP contribution in [0, 0.1) is 0 Å². The quantitative estimate of drug-likeness (QED) is 0.522. The van der Waals surface area contributed by atoms with Crippen molar-refractivity contribution in [3.8, 4) is 17.1 Å². The maximum Gasteiger partial charge on any atom is 0.371 e. The van der Waals surface area contributed by atoms with E-state index in [0.29, 0.717) is 16.9 Å². The lowest BCUT2D eigenvalue weighted by molar-refractivity contribution is 0.0663. The predicted molar refractivity (Wildman–Crippen MR) is 97.5 cm³/mol. The van der Waals surface area contributed by atoms with Crippen molar-refractivity contribution in [2.75, 3.05) is 7.11 Å². The number of furan rings is 1. The first-order valence-electron chi connectivity index (χ1n) is 7.87. The molecule has 1 aromatic heterocycles. The van der Waals surface area contributed by atoms with Crippen molar-refractivity contribution in [1.29, 1.82) is 0 Å². The summed E-state index contributed by atoms with van der Waals surface area (Å²) >= 11 is 0. The molecule has 5 nitrogen and oxygen atoms in total. The molecule has 130 valence electrons. The number of carbonyl (C=O) groups is 2. The van der Waals surface area contributed by atoms with Gasteiger partial charge in [0.25, 0.3) is 0 Å². The SMILES string of the molecule is COc1ccc(/C=C/C(=O)c2ccc(-c3ccc(C(=O)O)o3)cc2)cc1. The molecule has 0 bridgehead atoms. The Labute approximate surface area is 150 Å². The van der Waals surface area contributed by atoms with Gasteiger partial charge in [0.2, 0.25) is 5.76 Å². The Morgan fingerprint density at radius 1 is 0.962 bits per heavy atom. The largest absolute Gasteiger partial charge is 0.497 e. The molecule has 3 rings (SSSR count). The maximum absolute atomic E-state index is 12.3. The van der Waals surface area contributed by atoms with Gasteiger partial charge in [-0.15, -0.1) is 0 Å². The van der Waals surface area contributed by atoms with Crippen LogP contribution in [-0.2, 0) is 0 Å². The summed E-state index contributed by atoms with van der Waals surface area (Å²) in [4.78, 5) is 23.1. The molecule has 0 radical (unpaired) electrons. The van der Waals surface area contributed by atoms with E-state index in [0.717, 1.165) is 11.3 Å². The second kappa shape index (κ2) is 7.53. The lowest BCUT2D eigenvalue weighted by Gasteiger charge is -2.00. The van der Waals surface area contributed by atoms with E-state index in [2.05, 4.69) is 0 Å². The van der Waals surface area contributed by atoms with Crippen molar-refractivity contribution in [1.82, 2.24) is 0 Å². The van der Waals surface area contributed by atoms with Crippen molar-refractivity contribution in [3.63, 3.8) is 0 Å². The van der Waals surface area contributed by atoms with Crippen LogP contribution in [0.2, 0.25) is 0 Å². The molecule has 0 fully saturated rings. The molecule has 1 N–H and O–H groups in total. The number of hydrogen-bond acceptors (Lipinski definition) is 4. The fourth-order valence-electron chi connectivity index (χ4n) is 2.39. The zero-order valence-electron chi connectivity index (χ0n) is 14.0. The third-order valence-electron chi connectivity index (χ3n) is 3.81. The van der Waals surface area contributed by atoms with E-state index in [1.807, 2.05) is 24.3 Å². The van der Waals surface area contributed by atoms with Gasteiger partial charge in [-0.25, -0.2) is 4.79 Å². The molecule has 0 saturated heterocycles. The first-order chi connectivity index (χ1) is 12.6. The minimum Gasteiger partial charge on any atom is -0.497 e. The molecule has 0 aliphatic heterocycles. The van der Waals surface area contributed by atoms with E-state index >= 15 is 0 Å². The summed E-state index contributed by atoms with van der Waals surface area (Å²) < 4.78 is 10.3. The normalized spacial score (nSPS) is 10.8. The van der Waals surface area contributed by atoms with Crippen LogP contribution >= 0.6 is 0 Å². The Morgan fingerprint density at radius 2 is 1.65 bits per heavy atom. The van der Waals surface area contributed by atoms with Crippen molar-refractivity contribution in [2.24, 2.45) is 0 Å². The highest BCUT2D eigenvalue weighted by Crippen LogP contribution is 2.23. The Balaban J connectivity index is 1.71. The standard InChI is InChI=1S/C21H16O5/c1-25-17-9-2-14(3-10-17)4-11-18(22)15-5-7-16(8-6-15)19-12-13-20(26-19)21(23)24/h2-13H,1H3,(H,23,24)/b11-4+. The zero-order chi connectivity index (χ0) is 18.5. The lowest BCUT2D eigenvalue weighted by Crippen LogP contribution is -1.94. The fraction of sp³-hybridized carbons (Fsp3) is 0.0476. The number of carboxylic acid groups (broad SMARTS) is 1. The smallest absolute Gasteiger partial charge is 0.371 e. The molecule has 0 aliphatic rings. The van der Waals surface area contributed by atoms with Gasteiger partial charge in [0.05, 0.1) is 7.11 Å². The third kappa shape index (κ3) is 3.89. The first kappa shape index (κ1) is 17.2. The summed E-state index contributed by atoms with van der Waals surface area (Å²) in [5, 5.41) is 8.89. The van der Waals surface area contributed by atoms with Gasteiger partial charge in [0, 0.05) is 11.1 Å². The van der Waals surface area contributed by atoms with E-state index in [9.17, 15) is 9.59 Å². The maximum atomic E-state index is 12.3. The highest BCUT2D eigenvalue weighted by atomic mass is 16.5. The Morgan fingerprint density at radius 3 is 2.23 bits per heavy atom. The summed E-state index contributed by atoms with van der Waals surface area (Å²) in [6.07, 6.45) is 3.24. The second-order valence-electron chi connectivity index (χ2n) is 5.52. The summed E-state index contributed by atoms with van der Waals surface area (Å²) in [6.45, 7) is 0. The number of benzene rings is 2. The molecule has 26 heavy (non-hydrogen) atoms. The van der Waals surface area contributed by atoms with E-state index < -0.39 is 5.97 Å². The topological polar surface area (TPSA) is 76.7 Å². The molecule has 2 aromatic carbocycles. The van der Waals surface area contributed by atoms with Gasteiger partial charge in [-0.05, 0) is 35.9 Å². The van der Waals surface area contributed by atoms with E-state index in [-0.39, 0.29) is 11.5 Å². The fourth-order valence-corrected chi connectivity index (χ4v) is 2.39. The lowest BCUT2D eigenvalue weighted by atomic mass is 10.1. The van der Waals surface area contributed by atoms with Crippen LogP contribution in [0.3, 0.4) is 0 Å². The number of hydrogen-bond donors (Lipinski definition) is 1. The van der Waals surface area contributed by atoms with Crippen LogP contribution in [0.4, 0.5) is 0 Å². The van der Waals surface area contributed by atoms with Gasteiger partial charge in [0.15, 0.2) is 5.78 Å². The molecular formula is C21H16O5. The molecule has 0 aliphatic carbocycles. The molecule has 3 aromatic rings. The number of carboxylic acids is 1. The summed E-state index contributed by atoms with van der Waals surface area (Å²) in [7, 11) is 1.60. The van der Waals surface area contributed by atoms with Crippen LogP contribution in [0.15, 0.2) is 71.2 Å². The summed E-state index contributed by atoms with van der Waals surface area (Å²) in [5.41, 5.74) is 2.13. The van der Waals surface area contributed by atoms with Gasteiger partial charge < -0.3 is 14.3 Å². The minimum absolute atomic E-state index is 0.123. The summed E-state index contributed by atoms with van der Waals surface area (Å²) in [6, 6.07) is 17.2. The molecule has 0 unspecified atom stereocenters. The van der Waals surface area contributed by atoms with Gasteiger partial charge >= 0.3 is 5.97 Å². The molecular weight excluding hydrogens is 332 g/mol. The van der Waals surface area contributed by atoms with E-state index in [1.165, 1.54) is 12.1 Å². The Hall–Kier alpha value is -3.60. The van der Waals surface area contributed by atoms with E-state index in [4.69, 9.17) is 14.3 Å². The molecule has 0 spiro atoms.